The molecule has 0 spiro atoms. The number of piperidine rings is 1. The number of guanidine groups is 1. The van der Waals surface area contributed by atoms with Crippen molar-refractivity contribution in [2.24, 2.45) is 0 Å². The minimum Gasteiger partial charge on any atom is -0.334 e. The van der Waals surface area contributed by atoms with Crippen LogP contribution in [0.3, 0.4) is 0 Å². The molecule has 0 atom stereocenters. The van der Waals surface area contributed by atoms with Crippen LogP contribution in [0.2, 0.25) is 0 Å². The van der Waals surface area contributed by atoms with Gasteiger partial charge in [-0.3, -0.25) is 15.1 Å². The molecule has 4 rings (SSSR count). The van der Waals surface area contributed by atoms with Crippen LogP contribution in [0.4, 0.5) is 0 Å². The third kappa shape index (κ3) is 3.42. The zero-order valence-electron chi connectivity index (χ0n) is 16.2. The minimum absolute atomic E-state index is 0.0615. The first-order chi connectivity index (χ1) is 13.7. The van der Waals surface area contributed by atoms with Gasteiger partial charge in [0.1, 0.15) is 0 Å². The third-order valence-corrected chi connectivity index (χ3v) is 5.86. The topological polar surface area (TPSA) is 59.4 Å². The highest BCUT2D eigenvalue weighted by Crippen LogP contribution is 2.35. The third-order valence-electron chi connectivity index (χ3n) is 5.86. The molecule has 2 aromatic rings. The quantitative estimate of drug-likeness (QED) is 0.814. The van der Waals surface area contributed by atoms with Gasteiger partial charge in [0.15, 0.2) is 11.5 Å². The van der Waals surface area contributed by atoms with Crippen LogP contribution in [0.25, 0.3) is 0 Å². The lowest BCUT2D eigenvalue weighted by molar-refractivity contribution is -0.130. The average Bonchev–Trinajstić information content (AvgIpc) is 3.01. The summed E-state index contributed by atoms with van der Waals surface area (Å²) < 4.78 is 0. The lowest BCUT2D eigenvalue weighted by atomic mass is 9.82. The zero-order valence-corrected chi connectivity index (χ0v) is 16.2. The fourth-order valence-corrected chi connectivity index (χ4v) is 4.39. The van der Waals surface area contributed by atoms with Crippen LogP contribution < -0.4 is 5.32 Å². The molecule has 2 aliphatic rings. The number of hydrogen-bond donors (Lipinski definition) is 2. The number of rotatable bonds is 6. The normalized spacial score (nSPS) is 19.6. The molecule has 2 N–H and O–H groups in total. The van der Waals surface area contributed by atoms with Crippen molar-refractivity contribution in [3.63, 3.8) is 0 Å². The molecule has 0 saturated carbocycles. The molecule has 0 aromatic heterocycles. The van der Waals surface area contributed by atoms with Crippen molar-refractivity contribution in [1.82, 2.24) is 15.1 Å². The second-order valence-corrected chi connectivity index (χ2v) is 7.67. The Labute approximate surface area is 166 Å². The molecular weight excluding hydrogens is 348 g/mol. The predicted octanol–water partition coefficient (Wildman–Crippen LogP) is 3.17. The van der Waals surface area contributed by atoms with Gasteiger partial charge in [0.25, 0.3) is 5.91 Å². The van der Waals surface area contributed by atoms with E-state index in [0.29, 0.717) is 6.54 Å². The van der Waals surface area contributed by atoms with Crippen LogP contribution in [-0.2, 0) is 10.3 Å². The molecule has 2 saturated heterocycles. The Balaban J connectivity index is 1.56. The molecule has 0 bridgehead atoms. The highest BCUT2D eigenvalue weighted by atomic mass is 16.2. The second-order valence-electron chi connectivity index (χ2n) is 7.67. The number of carbonyl (C=O) groups excluding carboxylic acids is 1. The molecule has 0 radical (unpaired) electrons. The number of benzene rings is 2. The maximum Gasteiger partial charge on any atom is 0.264 e. The van der Waals surface area contributed by atoms with Gasteiger partial charge >= 0.3 is 0 Å². The van der Waals surface area contributed by atoms with Crippen LogP contribution in [0.5, 0.6) is 0 Å². The summed E-state index contributed by atoms with van der Waals surface area (Å²) >= 11 is 0. The van der Waals surface area contributed by atoms with Crippen molar-refractivity contribution in [2.45, 2.75) is 31.2 Å². The molecule has 5 nitrogen and oxygen atoms in total. The molecular formula is C23H28N4O. The molecule has 2 aromatic carbocycles. The molecule has 2 aliphatic heterocycles. The van der Waals surface area contributed by atoms with Gasteiger partial charge in [-0.25, -0.2) is 0 Å². The average molecular weight is 377 g/mol. The van der Waals surface area contributed by atoms with Crippen LogP contribution in [-0.4, -0.2) is 47.8 Å². The SMILES string of the molecule is N=C1NC(c2ccccc2)(c2ccccc2)C(=O)N1CCCN1CCCCC1. The monoisotopic (exact) mass is 376 g/mol. The molecule has 146 valence electrons. The Morgan fingerprint density at radius 2 is 1.43 bits per heavy atom. The number of likely N-dealkylation sites (tertiary alicyclic amines) is 1. The van der Waals surface area contributed by atoms with Gasteiger partial charge < -0.3 is 10.2 Å². The smallest absolute Gasteiger partial charge is 0.264 e. The van der Waals surface area contributed by atoms with Gasteiger partial charge in [0, 0.05) is 6.54 Å². The van der Waals surface area contributed by atoms with Crippen molar-refractivity contribution < 1.29 is 4.79 Å². The van der Waals surface area contributed by atoms with E-state index in [-0.39, 0.29) is 11.9 Å². The zero-order chi connectivity index (χ0) is 19.4. The molecule has 0 unspecified atom stereocenters. The van der Waals surface area contributed by atoms with E-state index in [1.165, 1.54) is 19.3 Å². The Bertz CT molecular complexity index is 776. The summed E-state index contributed by atoms with van der Waals surface area (Å²) in [6.07, 6.45) is 4.75. The van der Waals surface area contributed by atoms with Crippen molar-refractivity contribution in [3.05, 3.63) is 71.8 Å². The van der Waals surface area contributed by atoms with Crippen LogP contribution in [0.15, 0.2) is 60.7 Å². The van der Waals surface area contributed by atoms with Crippen molar-refractivity contribution in [2.75, 3.05) is 26.2 Å². The van der Waals surface area contributed by atoms with Crippen LogP contribution >= 0.6 is 0 Å². The Morgan fingerprint density at radius 3 is 2.00 bits per heavy atom. The lowest BCUT2D eigenvalue weighted by Gasteiger charge is -2.29. The summed E-state index contributed by atoms with van der Waals surface area (Å²) in [5, 5.41) is 11.7. The summed E-state index contributed by atoms with van der Waals surface area (Å²) in [6.45, 7) is 3.87. The van der Waals surface area contributed by atoms with Crippen LogP contribution in [0.1, 0.15) is 36.8 Å². The standard InChI is InChI=1S/C23H28N4O/c24-22-25-23(19-11-4-1-5-12-19,20-13-6-2-7-14-20)21(28)27(22)18-10-17-26-15-8-3-9-16-26/h1-2,4-7,11-14H,3,8-10,15-18H2,(H2,24,25). The van der Waals surface area contributed by atoms with Gasteiger partial charge in [-0.1, -0.05) is 67.1 Å². The van der Waals surface area contributed by atoms with Crippen LogP contribution in [0, 0.1) is 5.41 Å². The minimum atomic E-state index is -1.02. The summed E-state index contributed by atoms with van der Waals surface area (Å²) in [5.74, 6) is 0.130. The molecule has 0 aliphatic carbocycles. The van der Waals surface area contributed by atoms with Gasteiger partial charge in [0.2, 0.25) is 0 Å². The van der Waals surface area contributed by atoms with E-state index in [0.717, 1.165) is 37.2 Å². The van der Waals surface area contributed by atoms with Gasteiger partial charge in [-0.05, 0) is 50.0 Å². The molecule has 28 heavy (non-hydrogen) atoms. The van der Waals surface area contributed by atoms with E-state index in [4.69, 9.17) is 5.41 Å². The molecule has 1 amide bonds. The van der Waals surface area contributed by atoms with E-state index in [1.807, 2.05) is 60.7 Å². The first-order valence-corrected chi connectivity index (χ1v) is 10.2. The Hall–Kier alpha value is -2.66. The fraction of sp³-hybridized carbons (Fsp3) is 0.391. The first kappa shape index (κ1) is 18.7. The molecule has 2 heterocycles. The fourth-order valence-electron chi connectivity index (χ4n) is 4.39. The van der Waals surface area contributed by atoms with E-state index in [2.05, 4.69) is 10.2 Å². The first-order valence-electron chi connectivity index (χ1n) is 10.2. The number of amides is 1. The van der Waals surface area contributed by atoms with Gasteiger partial charge in [-0.15, -0.1) is 0 Å². The summed E-state index contributed by atoms with van der Waals surface area (Å²) in [6, 6.07) is 19.5. The highest BCUT2D eigenvalue weighted by Gasteiger charge is 2.51. The predicted molar refractivity (Wildman–Crippen MR) is 111 cm³/mol. The summed E-state index contributed by atoms with van der Waals surface area (Å²) in [4.78, 5) is 17.7. The Morgan fingerprint density at radius 1 is 0.857 bits per heavy atom. The number of nitrogens with zero attached hydrogens (tertiary/aromatic N) is 2. The summed E-state index contributed by atoms with van der Waals surface area (Å²) in [5.41, 5.74) is 0.717. The maximum absolute atomic E-state index is 13.6. The van der Waals surface area contributed by atoms with E-state index in [9.17, 15) is 4.79 Å². The number of nitrogens with one attached hydrogen (secondary N) is 2. The van der Waals surface area contributed by atoms with Crippen molar-refractivity contribution in [1.29, 1.82) is 5.41 Å². The van der Waals surface area contributed by atoms with E-state index in [1.54, 1.807) is 4.90 Å². The number of carbonyl (C=O) groups is 1. The number of hydrogen-bond acceptors (Lipinski definition) is 3. The van der Waals surface area contributed by atoms with Crippen molar-refractivity contribution in [3.8, 4) is 0 Å². The summed E-state index contributed by atoms with van der Waals surface area (Å²) in [7, 11) is 0. The van der Waals surface area contributed by atoms with Gasteiger partial charge in [-0.2, -0.15) is 0 Å². The van der Waals surface area contributed by atoms with E-state index < -0.39 is 5.54 Å². The van der Waals surface area contributed by atoms with Crippen molar-refractivity contribution >= 4 is 11.9 Å². The largest absolute Gasteiger partial charge is 0.334 e. The van der Waals surface area contributed by atoms with Gasteiger partial charge in [0.05, 0.1) is 0 Å². The maximum atomic E-state index is 13.6. The second kappa shape index (κ2) is 8.15. The molecule has 5 heteroatoms. The van der Waals surface area contributed by atoms with E-state index >= 15 is 0 Å². The Kier molecular flexibility index (Phi) is 5.44. The lowest BCUT2D eigenvalue weighted by Crippen LogP contribution is -2.45. The highest BCUT2D eigenvalue weighted by molar-refractivity contribution is 6.10. The molecule has 2 fully saturated rings.